The first-order valence-corrected chi connectivity index (χ1v) is 40.0. The quantitative estimate of drug-likeness (QED) is 0.108. The first-order valence-electron chi connectivity index (χ1n) is 39.2. The van der Waals surface area contributed by atoms with Crippen molar-refractivity contribution in [2.75, 3.05) is 9.80 Å². The molecule has 2 heterocycles. The van der Waals surface area contributed by atoms with Gasteiger partial charge >= 0.3 is 0 Å². The molecule has 114 heavy (non-hydrogen) atoms. The molecule has 0 aliphatic heterocycles. The van der Waals surface area contributed by atoms with Crippen LogP contribution in [0.2, 0.25) is 0 Å². The van der Waals surface area contributed by atoms with Crippen LogP contribution in [0.15, 0.2) is 453 Å². The Bertz CT molecular complexity index is 6440. The molecule has 22 rings (SSSR count). The molecule has 2 aliphatic carbocycles. The maximum Gasteiger partial charge on any atom is 0.136 e. The van der Waals surface area contributed by atoms with Crippen molar-refractivity contribution in [3.8, 4) is 66.8 Å². The number of hydrogen-bond donors (Lipinski definition) is 0. The molecule has 2 aromatic heterocycles. The van der Waals surface area contributed by atoms with Crippen molar-refractivity contribution in [2.45, 2.75) is 10.8 Å². The molecular formula is C110H74N2OS. The van der Waals surface area contributed by atoms with Crippen LogP contribution in [0, 0.1) is 0 Å². The Hall–Kier alpha value is -14.4. The first-order chi connectivity index (χ1) is 56.5. The van der Waals surface area contributed by atoms with Gasteiger partial charge in [-0.25, -0.2) is 0 Å². The summed E-state index contributed by atoms with van der Waals surface area (Å²) in [6.45, 7) is 0. The molecule has 0 N–H and O–H groups in total. The SMILES string of the molecule is c1ccc(-c2ccc(N(c3ccccc3)c3cccc(-c4ccc5c(c4)oc4cccc(C6(c7ccccc7)c7ccccc7-c7ccccc76)c45)c3)cc2)cc1.c1ccc(-c2ccc(N(c3ccccc3)c3cccc(-c4ccc5c(c4)sc4cccc(C6(c7ccccc7)c7ccccc7-c7ccccc76)c45)c3)cc2)cc1. The van der Waals surface area contributed by atoms with Crippen molar-refractivity contribution in [1.82, 2.24) is 0 Å². The van der Waals surface area contributed by atoms with E-state index in [1.807, 2.05) is 11.3 Å². The van der Waals surface area contributed by atoms with Gasteiger partial charge in [0.15, 0.2) is 0 Å². The summed E-state index contributed by atoms with van der Waals surface area (Å²) in [7, 11) is 0. The third-order valence-electron chi connectivity index (χ3n) is 23.5. The van der Waals surface area contributed by atoms with E-state index in [-0.39, 0.29) is 0 Å². The molecule has 0 amide bonds. The zero-order valence-electron chi connectivity index (χ0n) is 62.4. The van der Waals surface area contributed by atoms with Crippen molar-refractivity contribution in [3.63, 3.8) is 0 Å². The fourth-order valence-electron chi connectivity index (χ4n) is 18.6. The van der Waals surface area contributed by atoms with Gasteiger partial charge in [-0.1, -0.05) is 346 Å². The van der Waals surface area contributed by atoms with Crippen molar-refractivity contribution in [1.29, 1.82) is 0 Å². The smallest absolute Gasteiger partial charge is 0.136 e. The highest BCUT2D eigenvalue weighted by Crippen LogP contribution is 2.61. The third kappa shape index (κ3) is 11.3. The number of benzene rings is 18. The first kappa shape index (κ1) is 67.7. The van der Waals surface area contributed by atoms with Crippen molar-refractivity contribution >= 4 is 87.6 Å². The summed E-state index contributed by atoms with van der Waals surface area (Å²) in [5.41, 5.74) is 32.4. The Balaban J connectivity index is 0.000000143. The van der Waals surface area contributed by atoms with Crippen LogP contribution in [0.1, 0.15) is 44.5 Å². The predicted molar refractivity (Wildman–Crippen MR) is 479 cm³/mol. The summed E-state index contributed by atoms with van der Waals surface area (Å²) in [5, 5.41) is 4.90. The van der Waals surface area contributed by atoms with E-state index in [1.54, 1.807) is 0 Å². The Morgan fingerprint density at radius 1 is 0.193 bits per heavy atom. The van der Waals surface area contributed by atoms with Crippen molar-refractivity contribution in [2.24, 2.45) is 0 Å². The van der Waals surface area contributed by atoms with Gasteiger partial charge in [-0.15, -0.1) is 11.3 Å². The van der Waals surface area contributed by atoms with E-state index >= 15 is 0 Å². The minimum absolute atomic E-state index is 0.449. The van der Waals surface area contributed by atoms with Gasteiger partial charge in [0.05, 0.1) is 10.8 Å². The minimum atomic E-state index is -0.516. The summed E-state index contributed by atoms with van der Waals surface area (Å²) in [6.07, 6.45) is 0. The van der Waals surface area contributed by atoms with E-state index < -0.39 is 10.8 Å². The molecule has 0 unspecified atom stereocenters. The van der Waals surface area contributed by atoms with Gasteiger partial charge in [0.2, 0.25) is 0 Å². The summed E-state index contributed by atoms with van der Waals surface area (Å²) in [5.74, 6) is 0. The second-order valence-electron chi connectivity index (χ2n) is 29.7. The Morgan fingerprint density at radius 2 is 0.509 bits per heavy atom. The molecule has 0 atom stereocenters. The van der Waals surface area contributed by atoms with E-state index in [4.69, 9.17) is 4.42 Å². The number of fused-ring (bicyclic) bond motifs is 12. The minimum Gasteiger partial charge on any atom is -0.456 e. The maximum atomic E-state index is 6.83. The lowest BCUT2D eigenvalue weighted by Gasteiger charge is -2.34. The zero-order valence-corrected chi connectivity index (χ0v) is 63.3. The van der Waals surface area contributed by atoms with E-state index in [0.29, 0.717) is 0 Å². The summed E-state index contributed by atoms with van der Waals surface area (Å²) < 4.78 is 9.42. The van der Waals surface area contributed by atoms with Crippen molar-refractivity contribution in [3.05, 3.63) is 493 Å². The fraction of sp³-hybridized carbons (Fsp3) is 0.0182. The molecule has 0 spiro atoms. The highest BCUT2D eigenvalue weighted by atomic mass is 32.1. The average molecular weight is 1470 g/mol. The average Bonchev–Trinajstić information content (AvgIpc) is 1.53. The molecule has 2 aliphatic rings. The van der Waals surface area contributed by atoms with Crippen LogP contribution in [-0.2, 0) is 10.8 Å². The van der Waals surface area contributed by atoms with E-state index in [0.717, 1.165) is 67.2 Å². The number of nitrogens with zero attached hydrogens (tertiary/aromatic N) is 2. The van der Waals surface area contributed by atoms with Gasteiger partial charge < -0.3 is 14.2 Å². The topological polar surface area (TPSA) is 19.6 Å². The highest BCUT2D eigenvalue weighted by Gasteiger charge is 2.49. The Kier molecular flexibility index (Phi) is 16.9. The van der Waals surface area contributed by atoms with Gasteiger partial charge in [-0.3, -0.25) is 0 Å². The van der Waals surface area contributed by atoms with Crippen molar-refractivity contribution < 1.29 is 4.42 Å². The molecule has 0 bridgehead atoms. The van der Waals surface area contributed by atoms with Crippen LogP contribution in [0.4, 0.5) is 34.1 Å². The zero-order chi connectivity index (χ0) is 75.5. The second-order valence-corrected chi connectivity index (χ2v) is 30.7. The van der Waals surface area contributed by atoms with E-state index in [1.165, 1.54) is 120 Å². The number of para-hydroxylation sites is 2. The van der Waals surface area contributed by atoms with Gasteiger partial charge in [-0.05, 0) is 214 Å². The second kappa shape index (κ2) is 28.5. The van der Waals surface area contributed by atoms with Crippen LogP contribution in [0.25, 0.3) is 109 Å². The number of thiophene rings is 1. The monoisotopic (exact) mass is 1470 g/mol. The van der Waals surface area contributed by atoms with E-state index in [9.17, 15) is 0 Å². The molecule has 18 aromatic carbocycles. The maximum absolute atomic E-state index is 6.83. The van der Waals surface area contributed by atoms with Crippen LogP contribution < -0.4 is 9.80 Å². The molecule has 0 saturated carbocycles. The molecular weight excluding hydrogens is 1400 g/mol. The molecule has 536 valence electrons. The van der Waals surface area contributed by atoms with Gasteiger partial charge in [0.25, 0.3) is 0 Å². The van der Waals surface area contributed by atoms with Gasteiger partial charge in [0, 0.05) is 65.1 Å². The molecule has 0 saturated heterocycles. The number of hydrogen-bond acceptors (Lipinski definition) is 4. The highest BCUT2D eigenvalue weighted by molar-refractivity contribution is 7.25. The lowest BCUT2D eigenvalue weighted by molar-refractivity contribution is 0.668. The Morgan fingerprint density at radius 3 is 0.965 bits per heavy atom. The lowest BCUT2D eigenvalue weighted by atomic mass is 9.66. The molecule has 0 fully saturated rings. The number of furan rings is 1. The molecule has 20 aromatic rings. The summed E-state index contributed by atoms with van der Waals surface area (Å²) >= 11 is 1.89. The van der Waals surface area contributed by atoms with Crippen LogP contribution in [0.3, 0.4) is 0 Å². The Labute approximate surface area is 668 Å². The summed E-state index contributed by atoms with van der Waals surface area (Å²) in [4.78, 5) is 4.67. The van der Waals surface area contributed by atoms with Crippen LogP contribution >= 0.6 is 11.3 Å². The van der Waals surface area contributed by atoms with E-state index in [2.05, 4.69) is 459 Å². The molecule has 0 radical (unpaired) electrons. The van der Waals surface area contributed by atoms with Gasteiger partial charge in [0.1, 0.15) is 11.2 Å². The normalized spacial score (nSPS) is 12.7. The lowest BCUT2D eigenvalue weighted by Crippen LogP contribution is -2.28. The van der Waals surface area contributed by atoms with Crippen LogP contribution in [-0.4, -0.2) is 0 Å². The standard InChI is InChI=1S/C55H37NO.C55H37NS/c2*1-4-16-38(17-5-1)39-30-33-44(34-31-39)56(43-21-8-3-9-22-43)45-23-14-18-40(36-45)41-32-35-48-53(37-41)57-52-29-15-28-51(54(48)52)55(42-19-6-2-7-20-42)49-26-12-10-24-46(49)47-25-11-13-27-50(47)55/h2*1-37H. The molecule has 3 nitrogen and oxygen atoms in total. The van der Waals surface area contributed by atoms with Gasteiger partial charge in [-0.2, -0.15) is 0 Å². The molecule has 4 heteroatoms. The number of anilines is 6. The predicted octanol–water partition coefficient (Wildman–Crippen LogP) is 30.0. The fourth-order valence-corrected chi connectivity index (χ4v) is 19.7. The largest absolute Gasteiger partial charge is 0.456 e. The van der Waals surface area contributed by atoms with Crippen LogP contribution in [0.5, 0.6) is 0 Å². The number of rotatable bonds is 14. The summed E-state index contributed by atoms with van der Waals surface area (Å²) in [6, 6.07) is 163. The third-order valence-corrected chi connectivity index (χ3v) is 24.6.